The van der Waals surface area contributed by atoms with E-state index in [1.54, 1.807) is 7.11 Å². The molecule has 2 unspecified atom stereocenters. The van der Waals surface area contributed by atoms with Gasteiger partial charge in [-0.3, -0.25) is 0 Å². The lowest BCUT2D eigenvalue weighted by Crippen LogP contribution is -2.39. The summed E-state index contributed by atoms with van der Waals surface area (Å²) in [5, 5.41) is 3.51. The third-order valence-electron chi connectivity index (χ3n) is 3.27. The summed E-state index contributed by atoms with van der Waals surface area (Å²) in [6.45, 7) is 8.36. The molecule has 3 nitrogen and oxygen atoms in total. The molecule has 15 heavy (non-hydrogen) atoms. The molecule has 0 spiro atoms. The van der Waals surface area contributed by atoms with Gasteiger partial charge in [0.15, 0.2) is 0 Å². The second-order valence-electron chi connectivity index (χ2n) is 5.01. The Morgan fingerprint density at radius 1 is 1.53 bits per heavy atom. The average Bonchev–Trinajstić information content (AvgIpc) is 2.70. The van der Waals surface area contributed by atoms with E-state index >= 15 is 0 Å². The van der Waals surface area contributed by atoms with Crippen molar-refractivity contribution >= 4 is 0 Å². The summed E-state index contributed by atoms with van der Waals surface area (Å²) in [4.78, 5) is 0. The molecular weight excluding hydrogens is 190 g/mol. The monoisotopic (exact) mass is 215 g/mol. The summed E-state index contributed by atoms with van der Waals surface area (Å²) in [5.41, 5.74) is -0.0246. The first kappa shape index (κ1) is 12.9. The highest BCUT2D eigenvalue weighted by Crippen LogP contribution is 2.16. The van der Waals surface area contributed by atoms with Gasteiger partial charge in [0.1, 0.15) is 0 Å². The van der Waals surface area contributed by atoms with Crippen LogP contribution in [0.5, 0.6) is 0 Å². The molecule has 0 saturated carbocycles. The zero-order chi connectivity index (χ0) is 11.3. The van der Waals surface area contributed by atoms with E-state index in [0.29, 0.717) is 12.1 Å². The van der Waals surface area contributed by atoms with Crippen molar-refractivity contribution in [1.82, 2.24) is 5.32 Å². The molecule has 1 rings (SSSR count). The summed E-state index contributed by atoms with van der Waals surface area (Å²) in [6.07, 6.45) is 3.85. The number of rotatable bonds is 6. The third kappa shape index (κ3) is 4.49. The number of ether oxygens (including phenoxy) is 2. The minimum absolute atomic E-state index is 0.0246. The zero-order valence-electron chi connectivity index (χ0n) is 10.5. The van der Waals surface area contributed by atoms with E-state index in [0.717, 1.165) is 19.6 Å². The molecule has 0 aliphatic carbocycles. The van der Waals surface area contributed by atoms with Crippen molar-refractivity contribution in [3.63, 3.8) is 0 Å². The molecule has 1 aliphatic heterocycles. The molecule has 90 valence electrons. The van der Waals surface area contributed by atoms with Crippen molar-refractivity contribution in [2.75, 3.05) is 20.3 Å². The van der Waals surface area contributed by atoms with Gasteiger partial charge in [0.05, 0.1) is 11.7 Å². The molecule has 0 amide bonds. The topological polar surface area (TPSA) is 30.5 Å². The smallest absolute Gasteiger partial charge is 0.0726 e. The Balaban J connectivity index is 2.13. The number of methoxy groups -OCH3 is 1. The summed E-state index contributed by atoms with van der Waals surface area (Å²) in [5.74, 6) is 0. The van der Waals surface area contributed by atoms with Crippen LogP contribution in [-0.4, -0.2) is 38.0 Å². The Labute approximate surface area is 93.5 Å². The second kappa shape index (κ2) is 5.83. The van der Waals surface area contributed by atoms with Crippen molar-refractivity contribution in [2.45, 2.75) is 57.8 Å². The van der Waals surface area contributed by atoms with Gasteiger partial charge < -0.3 is 14.8 Å². The molecule has 0 radical (unpaired) electrons. The minimum Gasteiger partial charge on any atom is -0.379 e. The highest BCUT2D eigenvalue weighted by atomic mass is 16.5. The van der Waals surface area contributed by atoms with Crippen molar-refractivity contribution in [2.24, 2.45) is 0 Å². The zero-order valence-corrected chi connectivity index (χ0v) is 10.5. The van der Waals surface area contributed by atoms with Gasteiger partial charge in [0.25, 0.3) is 0 Å². The lowest BCUT2D eigenvalue weighted by atomic mass is 10.0. The van der Waals surface area contributed by atoms with E-state index in [1.807, 2.05) is 0 Å². The van der Waals surface area contributed by atoms with E-state index in [4.69, 9.17) is 9.47 Å². The lowest BCUT2D eigenvalue weighted by Gasteiger charge is -2.25. The van der Waals surface area contributed by atoms with Crippen molar-refractivity contribution in [3.8, 4) is 0 Å². The first-order valence-corrected chi connectivity index (χ1v) is 5.95. The Bertz CT molecular complexity index is 176. The van der Waals surface area contributed by atoms with Gasteiger partial charge in [0, 0.05) is 19.8 Å². The molecule has 1 aliphatic rings. The van der Waals surface area contributed by atoms with Crippen LogP contribution in [-0.2, 0) is 9.47 Å². The van der Waals surface area contributed by atoms with E-state index < -0.39 is 0 Å². The predicted octanol–water partition coefficient (Wildman–Crippen LogP) is 1.96. The van der Waals surface area contributed by atoms with Gasteiger partial charge in [-0.1, -0.05) is 0 Å². The van der Waals surface area contributed by atoms with Gasteiger partial charge >= 0.3 is 0 Å². The third-order valence-corrected chi connectivity index (χ3v) is 3.27. The maximum absolute atomic E-state index is 5.63. The normalized spacial score (nSPS) is 24.4. The maximum Gasteiger partial charge on any atom is 0.0726 e. The van der Waals surface area contributed by atoms with Gasteiger partial charge in [-0.15, -0.1) is 0 Å². The lowest BCUT2D eigenvalue weighted by molar-refractivity contribution is 0.0133. The Morgan fingerprint density at radius 2 is 2.27 bits per heavy atom. The summed E-state index contributed by atoms with van der Waals surface area (Å²) in [6, 6.07) is 0.458. The molecule has 1 N–H and O–H groups in total. The highest BCUT2D eigenvalue weighted by molar-refractivity contribution is 4.78. The minimum atomic E-state index is -0.0246. The second-order valence-corrected chi connectivity index (χ2v) is 5.01. The highest BCUT2D eigenvalue weighted by Gasteiger charge is 2.22. The molecule has 1 fully saturated rings. The van der Waals surface area contributed by atoms with Gasteiger partial charge in [-0.25, -0.2) is 0 Å². The number of hydrogen-bond acceptors (Lipinski definition) is 3. The van der Waals surface area contributed by atoms with Crippen molar-refractivity contribution < 1.29 is 9.47 Å². The Kier molecular flexibility index (Phi) is 5.03. The largest absolute Gasteiger partial charge is 0.379 e. The summed E-state index contributed by atoms with van der Waals surface area (Å²) >= 11 is 0. The molecule has 0 aromatic carbocycles. The average molecular weight is 215 g/mol. The fraction of sp³-hybridized carbons (Fsp3) is 1.00. The molecule has 2 atom stereocenters. The van der Waals surface area contributed by atoms with E-state index in [1.165, 1.54) is 12.8 Å². The van der Waals surface area contributed by atoms with Crippen LogP contribution < -0.4 is 5.32 Å². The van der Waals surface area contributed by atoms with Crippen LogP contribution in [0.1, 0.15) is 40.0 Å². The molecule has 0 bridgehead atoms. The van der Waals surface area contributed by atoms with Gasteiger partial charge in [0.2, 0.25) is 0 Å². The van der Waals surface area contributed by atoms with Crippen LogP contribution >= 0.6 is 0 Å². The van der Waals surface area contributed by atoms with Crippen LogP contribution in [0, 0.1) is 0 Å². The summed E-state index contributed by atoms with van der Waals surface area (Å²) < 4.78 is 11.0. The Hall–Kier alpha value is -0.120. The van der Waals surface area contributed by atoms with Crippen LogP contribution in [0.15, 0.2) is 0 Å². The molecule has 0 aromatic rings. The number of nitrogens with one attached hydrogen (secondary N) is 1. The van der Waals surface area contributed by atoms with Crippen LogP contribution in [0.25, 0.3) is 0 Å². The quantitative estimate of drug-likeness (QED) is 0.734. The van der Waals surface area contributed by atoms with E-state index in [9.17, 15) is 0 Å². The van der Waals surface area contributed by atoms with Crippen molar-refractivity contribution in [3.05, 3.63) is 0 Å². The fourth-order valence-electron chi connectivity index (χ4n) is 1.83. The molecular formula is C12H25NO2. The predicted molar refractivity (Wildman–Crippen MR) is 62.1 cm³/mol. The Morgan fingerprint density at radius 3 is 2.80 bits per heavy atom. The first-order chi connectivity index (χ1) is 7.05. The SMILES string of the molecule is COC(C)(C)CCNC(C)C1CCCO1. The van der Waals surface area contributed by atoms with Gasteiger partial charge in [-0.05, 0) is 46.6 Å². The van der Waals surface area contributed by atoms with Crippen LogP contribution in [0.2, 0.25) is 0 Å². The van der Waals surface area contributed by atoms with Crippen LogP contribution in [0.4, 0.5) is 0 Å². The number of hydrogen-bond donors (Lipinski definition) is 1. The van der Waals surface area contributed by atoms with Crippen LogP contribution in [0.3, 0.4) is 0 Å². The first-order valence-electron chi connectivity index (χ1n) is 5.95. The molecule has 3 heteroatoms. The summed E-state index contributed by atoms with van der Waals surface area (Å²) in [7, 11) is 1.77. The fourth-order valence-corrected chi connectivity index (χ4v) is 1.83. The van der Waals surface area contributed by atoms with E-state index in [2.05, 4.69) is 26.1 Å². The molecule has 0 aromatic heterocycles. The standard InChI is InChI=1S/C12H25NO2/c1-10(11-6-5-9-15-11)13-8-7-12(2,3)14-4/h10-11,13H,5-9H2,1-4H3. The van der Waals surface area contributed by atoms with E-state index in [-0.39, 0.29) is 5.60 Å². The molecule has 1 heterocycles. The maximum atomic E-state index is 5.63. The molecule has 1 saturated heterocycles. The van der Waals surface area contributed by atoms with Gasteiger partial charge in [-0.2, -0.15) is 0 Å². The van der Waals surface area contributed by atoms with Crippen molar-refractivity contribution in [1.29, 1.82) is 0 Å².